The van der Waals surface area contributed by atoms with Crippen molar-refractivity contribution in [1.82, 2.24) is 9.97 Å². The smallest absolute Gasteiger partial charge is 0.474 e. The number of fused-ring (bicyclic) bond motifs is 1. The van der Waals surface area contributed by atoms with Gasteiger partial charge in [0, 0.05) is 12.1 Å². The van der Waals surface area contributed by atoms with Gasteiger partial charge in [-0.15, -0.1) is 0 Å². The molecule has 0 unspecified atom stereocenters. The number of hydrogen-bond donors (Lipinski definition) is 0. The number of nitriles is 1. The monoisotopic (exact) mass is 587 g/mol. The molecular weight excluding hydrogens is 554 g/mol. The topological polar surface area (TPSA) is 118 Å². The summed E-state index contributed by atoms with van der Waals surface area (Å²) >= 11 is 5.94. The predicted octanol–water partition coefficient (Wildman–Crippen LogP) is 5.76. The van der Waals surface area contributed by atoms with Crippen LogP contribution < -0.4 is 14.5 Å². The van der Waals surface area contributed by atoms with Gasteiger partial charge in [0.1, 0.15) is 30.2 Å². The summed E-state index contributed by atoms with van der Waals surface area (Å²) < 4.78 is 16.3. The van der Waals surface area contributed by atoms with Crippen LogP contribution in [0.1, 0.15) is 63.9 Å². The summed E-state index contributed by atoms with van der Waals surface area (Å²) in [5, 5.41) is 10.4. The summed E-state index contributed by atoms with van der Waals surface area (Å²) in [6.07, 6.45) is 2.09. The van der Waals surface area contributed by atoms with Crippen molar-refractivity contribution in [3.63, 3.8) is 0 Å². The quantitative estimate of drug-likeness (QED) is 0.192. The van der Waals surface area contributed by atoms with Gasteiger partial charge in [0.25, 0.3) is 5.91 Å². The number of hydrogen-bond acceptors (Lipinski definition) is 9. The maximum absolute atomic E-state index is 13.9. The molecule has 0 bridgehead atoms. The molecule has 42 heavy (non-hydrogen) atoms. The number of rotatable bonds is 7. The van der Waals surface area contributed by atoms with Gasteiger partial charge >= 0.3 is 6.16 Å². The van der Waals surface area contributed by atoms with Gasteiger partial charge < -0.3 is 19.1 Å². The van der Waals surface area contributed by atoms with Crippen molar-refractivity contribution >= 4 is 51.7 Å². The number of carbonyl (C=O) groups excluding carboxylic acids is 2. The molecule has 0 N–H and O–H groups in total. The van der Waals surface area contributed by atoms with E-state index in [2.05, 4.69) is 16.0 Å². The number of anilines is 2. The molecule has 1 amide bonds. The summed E-state index contributed by atoms with van der Waals surface area (Å²) in [4.78, 5) is 38.6. The van der Waals surface area contributed by atoms with E-state index in [1.165, 1.54) is 0 Å². The number of nitrogens with zero attached hydrogens (tertiary/aromatic N) is 5. The van der Waals surface area contributed by atoms with Crippen LogP contribution in [-0.2, 0) is 20.7 Å². The third-order valence-electron chi connectivity index (χ3n) is 7.38. The molecule has 3 aromatic rings. The van der Waals surface area contributed by atoms with Crippen molar-refractivity contribution in [2.24, 2.45) is 0 Å². The maximum Gasteiger partial charge on any atom is 0.508 e. The number of aryl methyl sites for hydroxylation is 2. The minimum Gasteiger partial charge on any atom is -0.474 e. The fourth-order valence-electron chi connectivity index (χ4n) is 5.20. The van der Waals surface area contributed by atoms with Gasteiger partial charge in [-0.2, -0.15) is 10.2 Å². The Morgan fingerprint density at radius 3 is 2.48 bits per heavy atom. The molecule has 1 aliphatic carbocycles. The van der Waals surface area contributed by atoms with Crippen LogP contribution in [-0.4, -0.2) is 51.5 Å². The lowest BCUT2D eigenvalue weighted by Crippen LogP contribution is -2.55. The minimum absolute atomic E-state index is 0.0195. The Hall–Kier alpha value is -4.30. The van der Waals surface area contributed by atoms with E-state index < -0.39 is 17.3 Å². The molecule has 1 saturated heterocycles. The van der Waals surface area contributed by atoms with E-state index in [9.17, 15) is 14.9 Å². The number of thiocarbonyl (C=S) groups is 1. The van der Waals surface area contributed by atoms with Crippen molar-refractivity contribution < 1.29 is 23.8 Å². The van der Waals surface area contributed by atoms with Crippen molar-refractivity contribution in [3.05, 3.63) is 53.3 Å². The highest BCUT2D eigenvalue weighted by atomic mass is 32.1. The van der Waals surface area contributed by atoms with Gasteiger partial charge in [-0.3, -0.25) is 9.69 Å². The van der Waals surface area contributed by atoms with Crippen LogP contribution in [0.2, 0.25) is 0 Å². The Balaban J connectivity index is 1.45. The molecule has 218 valence electrons. The molecule has 0 radical (unpaired) electrons. The van der Waals surface area contributed by atoms with Crippen LogP contribution in [0.5, 0.6) is 5.88 Å². The molecule has 1 aromatic heterocycles. The zero-order chi connectivity index (χ0) is 30.2. The minimum atomic E-state index is -0.779. The van der Waals surface area contributed by atoms with Gasteiger partial charge in [0.2, 0.25) is 5.88 Å². The summed E-state index contributed by atoms with van der Waals surface area (Å²) in [6.45, 7) is 9.14. The van der Waals surface area contributed by atoms with Crippen LogP contribution in [0.15, 0.2) is 36.4 Å². The van der Waals surface area contributed by atoms with E-state index in [4.69, 9.17) is 26.4 Å². The summed E-state index contributed by atoms with van der Waals surface area (Å²) in [5.41, 5.74) is 1.95. The van der Waals surface area contributed by atoms with E-state index in [1.807, 2.05) is 43.0 Å². The first-order chi connectivity index (χ1) is 20.0. The average molecular weight is 588 g/mol. The van der Waals surface area contributed by atoms with Crippen LogP contribution in [0.3, 0.4) is 0 Å². The lowest BCUT2D eigenvalue weighted by Gasteiger charge is -2.43. The molecule has 0 atom stereocenters. The second kappa shape index (κ2) is 11.2. The zero-order valence-corrected chi connectivity index (χ0v) is 25.2. The van der Waals surface area contributed by atoms with Crippen LogP contribution in [0.4, 0.5) is 16.2 Å². The fraction of sp³-hybridized carbons (Fsp3) is 0.419. The van der Waals surface area contributed by atoms with Gasteiger partial charge in [0.15, 0.2) is 5.11 Å². The van der Waals surface area contributed by atoms with Crippen molar-refractivity contribution in [2.45, 2.75) is 71.4 Å². The number of amides is 1. The second-order valence-corrected chi connectivity index (χ2v) is 11.8. The Morgan fingerprint density at radius 2 is 1.86 bits per heavy atom. The van der Waals surface area contributed by atoms with Crippen LogP contribution in [0, 0.1) is 18.3 Å². The number of benzene rings is 2. The highest BCUT2D eigenvalue weighted by Gasteiger charge is 2.59. The first-order valence-electron chi connectivity index (χ1n) is 14.0. The Labute approximate surface area is 250 Å². The van der Waals surface area contributed by atoms with E-state index in [-0.39, 0.29) is 19.1 Å². The maximum atomic E-state index is 13.9. The third-order valence-corrected chi connectivity index (χ3v) is 7.74. The van der Waals surface area contributed by atoms with E-state index in [1.54, 1.807) is 37.8 Å². The summed E-state index contributed by atoms with van der Waals surface area (Å²) in [7, 11) is 0. The van der Waals surface area contributed by atoms with Gasteiger partial charge in [-0.05, 0) is 101 Å². The molecule has 2 heterocycles. The summed E-state index contributed by atoms with van der Waals surface area (Å²) in [6, 6.07) is 13.2. The number of aromatic nitrogens is 2. The van der Waals surface area contributed by atoms with Gasteiger partial charge in [-0.1, -0.05) is 6.92 Å². The van der Waals surface area contributed by atoms with E-state index >= 15 is 0 Å². The molecule has 2 aromatic carbocycles. The molecular formula is C31H33N5O5S. The van der Waals surface area contributed by atoms with E-state index in [0.717, 1.165) is 17.7 Å². The third kappa shape index (κ3) is 5.34. The van der Waals surface area contributed by atoms with Gasteiger partial charge in [-0.25, -0.2) is 9.78 Å². The van der Waals surface area contributed by atoms with E-state index in [0.29, 0.717) is 58.2 Å². The first kappa shape index (κ1) is 29.2. The Bertz CT molecular complexity index is 1620. The molecule has 11 heteroatoms. The lowest BCUT2D eigenvalue weighted by molar-refractivity contribution is -0.123. The lowest BCUT2D eigenvalue weighted by atomic mass is 9.75. The van der Waals surface area contributed by atoms with Crippen LogP contribution >= 0.6 is 12.2 Å². The molecule has 2 fully saturated rings. The molecule has 10 nitrogen and oxygen atoms in total. The Morgan fingerprint density at radius 1 is 1.12 bits per heavy atom. The first-order valence-corrected chi connectivity index (χ1v) is 14.4. The van der Waals surface area contributed by atoms with Crippen molar-refractivity contribution in [3.8, 4) is 11.9 Å². The zero-order valence-electron chi connectivity index (χ0n) is 24.4. The average Bonchev–Trinajstić information content (AvgIpc) is 3.16. The fourth-order valence-corrected chi connectivity index (χ4v) is 5.67. The highest BCUT2D eigenvalue weighted by Crippen LogP contribution is 2.48. The number of carbonyl (C=O) groups is 2. The number of ether oxygens (including phenoxy) is 3. The molecule has 1 aliphatic heterocycles. The van der Waals surface area contributed by atoms with Crippen molar-refractivity contribution in [1.29, 1.82) is 5.26 Å². The summed E-state index contributed by atoms with van der Waals surface area (Å²) in [5.74, 6) is 0.893. The van der Waals surface area contributed by atoms with Crippen molar-refractivity contribution in [2.75, 3.05) is 23.0 Å². The molecule has 1 spiro atoms. The highest BCUT2D eigenvalue weighted by molar-refractivity contribution is 7.81. The molecule has 1 saturated carbocycles. The normalized spacial score (nSPS) is 16.0. The standard InChI is InChI=1S/C31H33N5O5S/c1-6-25-33-24-11-10-22(17-23(24)26(34-25)39-14-15-40-29(38)41-30(3,4)5)36-28(42)35(27(37)31(36)12-7-13-31)21-9-8-20(18-32)19(2)16-21/h8-11,16-17H,6-7,12-15H2,1-5H3. The Kier molecular flexibility index (Phi) is 7.77. The van der Waals surface area contributed by atoms with Crippen LogP contribution in [0.25, 0.3) is 10.9 Å². The predicted molar refractivity (Wildman–Crippen MR) is 162 cm³/mol. The van der Waals surface area contributed by atoms with Gasteiger partial charge in [0.05, 0.1) is 28.2 Å². The molecule has 5 rings (SSSR count). The molecule has 2 aliphatic rings. The SMILES string of the molecule is CCc1nc(OCCOC(=O)OC(C)(C)C)c2cc(N3C(=S)N(c4ccc(C#N)c(C)c4)C(=O)C34CCC4)ccc2n1. The largest absolute Gasteiger partial charge is 0.508 e. The second-order valence-electron chi connectivity index (χ2n) is 11.4.